The van der Waals surface area contributed by atoms with Gasteiger partial charge in [-0.1, -0.05) is 0 Å². The van der Waals surface area contributed by atoms with Crippen molar-refractivity contribution in [2.24, 2.45) is 5.92 Å². The molecule has 0 spiro atoms. The molecule has 0 aromatic carbocycles. The van der Waals surface area contributed by atoms with Crippen molar-refractivity contribution in [3.8, 4) is 0 Å². The van der Waals surface area contributed by atoms with Gasteiger partial charge in [0.05, 0.1) is 19.3 Å². The topological polar surface area (TPSA) is 38.7 Å². The lowest BCUT2D eigenvalue weighted by molar-refractivity contribution is -0.0907. The van der Waals surface area contributed by atoms with Crippen molar-refractivity contribution in [1.82, 2.24) is 0 Å². The maximum absolute atomic E-state index is 9.19. The van der Waals surface area contributed by atoms with E-state index in [-0.39, 0.29) is 18.3 Å². The predicted octanol–water partition coefficient (Wildman–Crippen LogP) is -0.260. The van der Waals surface area contributed by atoms with Gasteiger partial charge in [0.2, 0.25) is 0 Å². The Morgan fingerprint density at radius 2 is 2.22 bits per heavy atom. The van der Waals surface area contributed by atoms with Crippen LogP contribution in [0.3, 0.4) is 0 Å². The number of fused-ring (bicyclic) bond motifs is 1. The predicted molar refractivity (Wildman–Crippen MR) is 29.8 cm³/mol. The van der Waals surface area contributed by atoms with Crippen LogP contribution in [0.1, 0.15) is 6.42 Å². The van der Waals surface area contributed by atoms with Crippen molar-refractivity contribution >= 4 is 0 Å². The van der Waals surface area contributed by atoms with Crippen LogP contribution >= 0.6 is 0 Å². The number of rotatable bonds is 0. The molecule has 2 aliphatic rings. The van der Waals surface area contributed by atoms with Gasteiger partial charge in [0.25, 0.3) is 0 Å². The van der Waals surface area contributed by atoms with E-state index in [1.807, 2.05) is 0 Å². The molecule has 9 heavy (non-hydrogen) atoms. The van der Waals surface area contributed by atoms with E-state index in [0.717, 1.165) is 13.0 Å². The molecule has 2 saturated heterocycles. The third kappa shape index (κ3) is 0.764. The summed E-state index contributed by atoms with van der Waals surface area (Å²) < 4.78 is 10.3. The van der Waals surface area contributed by atoms with Gasteiger partial charge in [0.15, 0.2) is 6.29 Å². The molecular formula is C6H10O3. The summed E-state index contributed by atoms with van der Waals surface area (Å²) in [5, 5.41) is 9.19. The first-order valence-corrected chi connectivity index (χ1v) is 3.29. The molecule has 0 bridgehead atoms. The van der Waals surface area contributed by atoms with E-state index < -0.39 is 0 Å². The minimum atomic E-state index is -0.280. The van der Waals surface area contributed by atoms with Crippen LogP contribution in [0, 0.1) is 5.92 Å². The van der Waals surface area contributed by atoms with Gasteiger partial charge in [-0.3, -0.25) is 0 Å². The molecule has 2 rings (SSSR count). The summed E-state index contributed by atoms with van der Waals surface area (Å²) in [6.45, 7) is 1.20. The summed E-state index contributed by atoms with van der Waals surface area (Å²) in [6.07, 6.45) is 0.573. The average Bonchev–Trinajstić information content (AvgIpc) is 2.35. The van der Waals surface area contributed by atoms with Crippen molar-refractivity contribution in [2.75, 3.05) is 13.2 Å². The van der Waals surface area contributed by atoms with Gasteiger partial charge in [0, 0.05) is 5.92 Å². The lowest BCUT2D eigenvalue weighted by atomic mass is 10.0. The fraction of sp³-hybridized carbons (Fsp3) is 1.00. The zero-order chi connectivity index (χ0) is 6.27. The van der Waals surface area contributed by atoms with Crippen molar-refractivity contribution in [1.29, 1.82) is 0 Å². The monoisotopic (exact) mass is 130 g/mol. The van der Waals surface area contributed by atoms with Crippen molar-refractivity contribution < 1.29 is 14.6 Å². The zero-order valence-corrected chi connectivity index (χ0v) is 5.12. The summed E-state index contributed by atoms with van der Waals surface area (Å²) in [5.74, 6) is 0.255. The average molecular weight is 130 g/mol. The van der Waals surface area contributed by atoms with Crippen LogP contribution in [0.5, 0.6) is 0 Å². The van der Waals surface area contributed by atoms with Crippen molar-refractivity contribution in [3.63, 3.8) is 0 Å². The van der Waals surface area contributed by atoms with Gasteiger partial charge in [-0.25, -0.2) is 0 Å². The summed E-state index contributed by atoms with van der Waals surface area (Å²) >= 11 is 0. The maximum atomic E-state index is 9.19. The van der Waals surface area contributed by atoms with Gasteiger partial charge in [-0.05, 0) is 6.42 Å². The van der Waals surface area contributed by atoms with E-state index >= 15 is 0 Å². The minimum absolute atomic E-state index is 0.0972. The van der Waals surface area contributed by atoms with Gasteiger partial charge < -0.3 is 14.6 Å². The molecule has 3 nitrogen and oxygen atoms in total. The van der Waals surface area contributed by atoms with Crippen molar-refractivity contribution in [2.45, 2.75) is 18.8 Å². The largest absolute Gasteiger partial charge is 0.390 e. The minimum Gasteiger partial charge on any atom is -0.390 e. The Morgan fingerprint density at radius 3 is 3.00 bits per heavy atom. The Morgan fingerprint density at radius 1 is 1.33 bits per heavy atom. The van der Waals surface area contributed by atoms with Crippen LogP contribution < -0.4 is 0 Å². The van der Waals surface area contributed by atoms with E-state index in [4.69, 9.17) is 9.47 Å². The van der Waals surface area contributed by atoms with E-state index in [2.05, 4.69) is 0 Å². The molecular weight excluding hydrogens is 120 g/mol. The number of aliphatic hydroxyl groups excluding tert-OH is 1. The molecule has 1 N–H and O–H groups in total. The molecule has 52 valence electrons. The Kier molecular flexibility index (Phi) is 1.22. The van der Waals surface area contributed by atoms with Gasteiger partial charge in [-0.15, -0.1) is 0 Å². The summed E-state index contributed by atoms with van der Waals surface area (Å²) in [4.78, 5) is 0. The fourth-order valence-electron chi connectivity index (χ4n) is 1.44. The Balaban J connectivity index is 2.07. The normalized spacial score (nSPS) is 49.7. The molecule has 0 radical (unpaired) electrons. The molecule has 0 aliphatic carbocycles. The van der Waals surface area contributed by atoms with E-state index in [9.17, 15) is 5.11 Å². The Bertz CT molecular complexity index is 115. The first-order chi connectivity index (χ1) is 4.38. The Hall–Kier alpha value is -0.120. The third-order valence-electron chi connectivity index (χ3n) is 2.01. The molecule has 2 aliphatic heterocycles. The first-order valence-electron chi connectivity index (χ1n) is 3.29. The van der Waals surface area contributed by atoms with E-state index in [1.165, 1.54) is 0 Å². The lowest BCUT2D eigenvalue weighted by Crippen LogP contribution is -2.18. The first kappa shape index (κ1) is 5.65. The highest BCUT2D eigenvalue weighted by molar-refractivity contribution is 4.81. The smallest absolute Gasteiger partial charge is 0.163 e. The van der Waals surface area contributed by atoms with Crippen LogP contribution in [0.4, 0.5) is 0 Å². The summed E-state index contributed by atoms with van der Waals surface area (Å²) in [6, 6.07) is 0. The highest BCUT2D eigenvalue weighted by atomic mass is 16.7. The lowest BCUT2D eigenvalue weighted by Gasteiger charge is -2.06. The molecule has 3 heteroatoms. The van der Waals surface area contributed by atoms with Gasteiger partial charge >= 0.3 is 0 Å². The van der Waals surface area contributed by atoms with E-state index in [0.29, 0.717) is 6.61 Å². The summed E-state index contributed by atoms with van der Waals surface area (Å²) in [5.41, 5.74) is 0. The number of aliphatic hydroxyl groups is 1. The molecule has 2 fully saturated rings. The standard InChI is InChI=1S/C6H10O3/c7-5-3-9-6-4(5)1-2-8-6/h4-7H,1-3H2/t4?,5-,6+/m1/s1. The number of hydrogen-bond acceptors (Lipinski definition) is 3. The molecule has 1 unspecified atom stereocenters. The molecule has 3 atom stereocenters. The molecule has 0 saturated carbocycles. The highest BCUT2D eigenvalue weighted by Gasteiger charge is 2.40. The number of hydrogen-bond donors (Lipinski definition) is 1. The SMILES string of the molecule is O[C@@H]1CO[C@@H]2OCCC21. The van der Waals surface area contributed by atoms with Gasteiger partial charge in [-0.2, -0.15) is 0 Å². The second kappa shape index (κ2) is 1.94. The molecule has 0 aromatic heterocycles. The van der Waals surface area contributed by atoms with Crippen LogP contribution in [0.25, 0.3) is 0 Å². The summed E-state index contributed by atoms with van der Waals surface area (Å²) in [7, 11) is 0. The second-order valence-corrected chi connectivity index (χ2v) is 2.59. The Labute approximate surface area is 53.6 Å². The quantitative estimate of drug-likeness (QED) is 0.491. The molecule has 0 aromatic rings. The fourth-order valence-corrected chi connectivity index (χ4v) is 1.44. The van der Waals surface area contributed by atoms with Crippen LogP contribution in [-0.4, -0.2) is 30.7 Å². The van der Waals surface area contributed by atoms with Crippen LogP contribution in [0.2, 0.25) is 0 Å². The molecule has 0 amide bonds. The highest BCUT2D eigenvalue weighted by Crippen LogP contribution is 2.30. The third-order valence-corrected chi connectivity index (χ3v) is 2.01. The number of ether oxygens (including phenoxy) is 2. The second-order valence-electron chi connectivity index (χ2n) is 2.59. The zero-order valence-electron chi connectivity index (χ0n) is 5.12. The maximum Gasteiger partial charge on any atom is 0.163 e. The van der Waals surface area contributed by atoms with Crippen LogP contribution in [0.15, 0.2) is 0 Å². The van der Waals surface area contributed by atoms with E-state index in [1.54, 1.807) is 0 Å². The van der Waals surface area contributed by atoms with Crippen molar-refractivity contribution in [3.05, 3.63) is 0 Å². The van der Waals surface area contributed by atoms with Crippen LogP contribution in [-0.2, 0) is 9.47 Å². The van der Waals surface area contributed by atoms with Gasteiger partial charge in [0.1, 0.15) is 0 Å². The molecule has 2 heterocycles.